The van der Waals surface area contributed by atoms with Crippen LogP contribution >= 0.6 is 27.5 Å². The molecule has 0 bridgehead atoms. The summed E-state index contributed by atoms with van der Waals surface area (Å²) in [5, 5.41) is 1.71. The summed E-state index contributed by atoms with van der Waals surface area (Å²) >= 11 is 9.44. The predicted octanol–water partition coefficient (Wildman–Crippen LogP) is 4.35. The van der Waals surface area contributed by atoms with Crippen molar-refractivity contribution in [2.45, 2.75) is 31.5 Å². The fourth-order valence-electron chi connectivity index (χ4n) is 1.96. The van der Waals surface area contributed by atoms with E-state index in [0.29, 0.717) is 6.10 Å². The standard InChI is InChI=1S/C12H14BrClO/c13-8-11-5-2-6-12(15-11)9-3-1-4-10(14)7-9/h1,3-4,7,11-12H,2,5-6,8H2. The normalized spacial score (nSPS) is 26.5. The van der Waals surface area contributed by atoms with Crippen LogP contribution in [0.2, 0.25) is 5.02 Å². The second kappa shape index (κ2) is 5.33. The van der Waals surface area contributed by atoms with Gasteiger partial charge in [0, 0.05) is 10.4 Å². The van der Waals surface area contributed by atoms with E-state index in [1.807, 2.05) is 18.2 Å². The number of alkyl halides is 1. The Morgan fingerprint density at radius 3 is 3.00 bits per heavy atom. The molecule has 0 radical (unpaired) electrons. The van der Waals surface area contributed by atoms with E-state index in [9.17, 15) is 0 Å². The average Bonchev–Trinajstić information content (AvgIpc) is 2.29. The number of halogens is 2. The molecule has 1 fully saturated rings. The summed E-state index contributed by atoms with van der Waals surface area (Å²) < 4.78 is 5.97. The SMILES string of the molecule is Clc1cccc(C2CCCC(CBr)O2)c1. The number of rotatable bonds is 2. The highest BCUT2D eigenvalue weighted by atomic mass is 79.9. The molecule has 1 nitrogen and oxygen atoms in total. The number of ether oxygens (including phenoxy) is 1. The van der Waals surface area contributed by atoms with Crippen LogP contribution in [0.5, 0.6) is 0 Å². The first-order valence-electron chi connectivity index (χ1n) is 5.26. The van der Waals surface area contributed by atoms with Crippen LogP contribution in [0.25, 0.3) is 0 Å². The highest BCUT2D eigenvalue weighted by Gasteiger charge is 2.22. The number of hydrogen-bond donors (Lipinski definition) is 0. The van der Waals surface area contributed by atoms with Crippen molar-refractivity contribution in [1.82, 2.24) is 0 Å². The molecule has 0 saturated carbocycles. The van der Waals surface area contributed by atoms with Crippen molar-refractivity contribution in [3.05, 3.63) is 34.9 Å². The Morgan fingerprint density at radius 2 is 2.27 bits per heavy atom. The molecule has 15 heavy (non-hydrogen) atoms. The van der Waals surface area contributed by atoms with Crippen LogP contribution in [0.3, 0.4) is 0 Å². The third-order valence-corrected chi connectivity index (χ3v) is 3.70. The topological polar surface area (TPSA) is 9.23 Å². The van der Waals surface area contributed by atoms with Crippen LogP contribution in [-0.4, -0.2) is 11.4 Å². The van der Waals surface area contributed by atoms with E-state index < -0.39 is 0 Å². The van der Waals surface area contributed by atoms with Gasteiger partial charge < -0.3 is 4.74 Å². The molecular formula is C12H14BrClO. The van der Waals surface area contributed by atoms with Crippen molar-refractivity contribution in [3.8, 4) is 0 Å². The van der Waals surface area contributed by atoms with E-state index in [-0.39, 0.29) is 6.10 Å². The Hall–Kier alpha value is -0.0500. The Morgan fingerprint density at radius 1 is 1.40 bits per heavy atom. The highest BCUT2D eigenvalue weighted by Crippen LogP contribution is 2.32. The highest BCUT2D eigenvalue weighted by molar-refractivity contribution is 9.09. The molecule has 1 aromatic rings. The Balaban J connectivity index is 2.09. The van der Waals surface area contributed by atoms with Crippen LogP contribution in [0.15, 0.2) is 24.3 Å². The maximum Gasteiger partial charge on any atom is 0.0829 e. The molecule has 0 amide bonds. The first kappa shape index (κ1) is 11.4. The average molecular weight is 290 g/mol. The molecule has 1 heterocycles. The number of hydrogen-bond acceptors (Lipinski definition) is 1. The minimum atomic E-state index is 0.222. The maximum atomic E-state index is 5.97. The molecule has 0 N–H and O–H groups in total. The van der Waals surface area contributed by atoms with Gasteiger partial charge in [0.15, 0.2) is 0 Å². The Kier molecular flexibility index (Phi) is 4.06. The van der Waals surface area contributed by atoms with Crippen molar-refractivity contribution in [2.24, 2.45) is 0 Å². The second-order valence-electron chi connectivity index (χ2n) is 3.89. The second-order valence-corrected chi connectivity index (χ2v) is 4.97. The summed E-state index contributed by atoms with van der Waals surface area (Å²) in [5.41, 5.74) is 1.20. The summed E-state index contributed by atoms with van der Waals surface area (Å²) in [7, 11) is 0. The van der Waals surface area contributed by atoms with Gasteiger partial charge in [-0.15, -0.1) is 0 Å². The lowest BCUT2D eigenvalue weighted by molar-refractivity contribution is -0.0383. The zero-order valence-corrected chi connectivity index (χ0v) is 10.8. The van der Waals surface area contributed by atoms with Gasteiger partial charge in [-0.05, 0) is 37.0 Å². The lowest BCUT2D eigenvalue weighted by Crippen LogP contribution is -2.23. The van der Waals surface area contributed by atoms with Crippen molar-refractivity contribution in [1.29, 1.82) is 0 Å². The van der Waals surface area contributed by atoms with Crippen molar-refractivity contribution in [2.75, 3.05) is 5.33 Å². The first-order valence-corrected chi connectivity index (χ1v) is 6.76. The molecule has 0 aliphatic carbocycles. The van der Waals surface area contributed by atoms with Crippen molar-refractivity contribution < 1.29 is 4.74 Å². The van der Waals surface area contributed by atoms with E-state index in [4.69, 9.17) is 16.3 Å². The smallest absolute Gasteiger partial charge is 0.0829 e. The number of benzene rings is 1. The summed E-state index contributed by atoms with van der Waals surface area (Å²) in [6, 6.07) is 7.98. The maximum absolute atomic E-state index is 5.97. The third kappa shape index (κ3) is 2.96. The minimum Gasteiger partial charge on any atom is -0.369 e. The summed E-state index contributed by atoms with van der Waals surface area (Å²) in [6.07, 6.45) is 4.06. The molecule has 3 heteroatoms. The minimum absolute atomic E-state index is 0.222. The molecule has 2 unspecified atom stereocenters. The van der Waals surface area contributed by atoms with E-state index in [2.05, 4.69) is 22.0 Å². The monoisotopic (exact) mass is 288 g/mol. The molecule has 0 aromatic heterocycles. The largest absolute Gasteiger partial charge is 0.369 e. The van der Waals surface area contributed by atoms with Crippen LogP contribution in [0.4, 0.5) is 0 Å². The van der Waals surface area contributed by atoms with E-state index >= 15 is 0 Å². The van der Waals surface area contributed by atoms with Gasteiger partial charge in [-0.25, -0.2) is 0 Å². The van der Waals surface area contributed by atoms with E-state index in [0.717, 1.165) is 23.2 Å². The van der Waals surface area contributed by atoms with E-state index in [1.165, 1.54) is 12.0 Å². The lowest BCUT2D eigenvalue weighted by Gasteiger charge is -2.29. The predicted molar refractivity (Wildman–Crippen MR) is 66.7 cm³/mol. The summed E-state index contributed by atoms with van der Waals surface area (Å²) in [6.45, 7) is 0. The Bertz CT molecular complexity index is 329. The molecule has 1 aromatic carbocycles. The molecule has 82 valence electrons. The van der Waals surface area contributed by atoms with E-state index in [1.54, 1.807) is 0 Å². The molecule has 2 rings (SSSR count). The van der Waals surface area contributed by atoms with Gasteiger partial charge in [-0.2, -0.15) is 0 Å². The van der Waals surface area contributed by atoms with Gasteiger partial charge in [0.2, 0.25) is 0 Å². The third-order valence-electron chi connectivity index (χ3n) is 2.74. The van der Waals surface area contributed by atoms with Crippen LogP contribution in [0.1, 0.15) is 30.9 Å². The molecular weight excluding hydrogens is 275 g/mol. The van der Waals surface area contributed by atoms with Crippen molar-refractivity contribution in [3.63, 3.8) is 0 Å². The molecule has 1 aliphatic heterocycles. The zero-order chi connectivity index (χ0) is 10.7. The first-order chi connectivity index (χ1) is 7.29. The van der Waals surface area contributed by atoms with Crippen LogP contribution < -0.4 is 0 Å². The molecule has 0 spiro atoms. The van der Waals surface area contributed by atoms with Gasteiger partial charge in [-0.3, -0.25) is 0 Å². The van der Waals surface area contributed by atoms with Crippen molar-refractivity contribution >= 4 is 27.5 Å². The summed E-state index contributed by atoms with van der Waals surface area (Å²) in [5.74, 6) is 0. The summed E-state index contributed by atoms with van der Waals surface area (Å²) in [4.78, 5) is 0. The van der Waals surface area contributed by atoms with Crippen LogP contribution in [0, 0.1) is 0 Å². The van der Waals surface area contributed by atoms with Gasteiger partial charge in [0.25, 0.3) is 0 Å². The van der Waals surface area contributed by atoms with Gasteiger partial charge >= 0.3 is 0 Å². The lowest BCUT2D eigenvalue weighted by atomic mass is 9.99. The quantitative estimate of drug-likeness (QED) is 0.736. The van der Waals surface area contributed by atoms with Gasteiger partial charge in [-0.1, -0.05) is 39.7 Å². The molecule has 1 aliphatic rings. The molecule has 2 atom stereocenters. The van der Waals surface area contributed by atoms with Gasteiger partial charge in [0.1, 0.15) is 0 Å². The van der Waals surface area contributed by atoms with Gasteiger partial charge in [0.05, 0.1) is 12.2 Å². The fourth-order valence-corrected chi connectivity index (χ4v) is 2.64. The molecule has 1 saturated heterocycles. The fraction of sp³-hybridized carbons (Fsp3) is 0.500. The Labute approximate surface area is 104 Å². The zero-order valence-electron chi connectivity index (χ0n) is 8.46. The van der Waals surface area contributed by atoms with Crippen LogP contribution in [-0.2, 0) is 4.74 Å².